The van der Waals surface area contributed by atoms with Crippen molar-refractivity contribution >= 4 is 29.3 Å². The molecule has 1 atom stereocenters. The first kappa shape index (κ1) is 26.7. The van der Waals surface area contributed by atoms with Gasteiger partial charge in [0.25, 0.3) is 11.5 Å². The van der Waals surface area contributed by atoms with E-state index >= 15 is 0 Å². The maximum absolute atomic E-state index is 13.8. The van der Waals surface area contributed by atoms with Gasteiger partial charge in [0, 0.05) is 5.56 Å². The Kier molecular flexibility index (Phi) is 7.96. The molecule has 198 valence electrons. The lowest BCUT2D eigenvalue weighted by Gasteiger charge is -2.26. The quantitative estimate of drug-likeness (QED) is 0.411. The molecule has 1 aliphatic heterocycles. The van der Waals surface area contributed by atoms with Crippen LogP contribution in [-0.4, -0.2) is 43.9 Å². The summed E-state index contributed by atoms with van der Waals surface area (Å²) in [5.74, 6) is 0.197. The Labute approximate surface area is 222 Å². The summed E-state index contributed by atoms with van der Waals surface area (Å²) in [6, 6.07) is 11.3. The van der Waals surface area contributed by atoms with Crippen LogP contribution in [0.25, 0.3) is 6.08 Å². The summed E-state index contributed by atoms with van der Waals surface area (Å²) < 4.78 is 23.7. The van der Waals surface area contributed by atoms with Gasteiger partial charge in [-0.3, -0.25) is 14.2 Å². The van der Waals surface area contributed by atoms with Crippen LogP contribution in [0.15, 0.2) is 63.5 Å². The molecule has 2 aromatic carbocycles. The van der Waals surface area contributed by atoms with Crippen molar-refractivity contribution in [3.05, 3.63) is 84.5 Å². The number of benzene rings is 2. The third-order valence-corrected chi connectivity index (χ3v) is 6.79. The minimum atomic E-state index is -0.845. The lowest BCUT2D eigenvalue weighted by Crippen LogP contribution is -2.40. The van der Waals surface area contributed by atoms with Crippen LogP contribution in [0.5, 0.6) is 17.2 Å². The molecule has 3 aromatic rings. The Morgan fingerprint density at radius 1 is 1.13 bits per heavy atom. The van der Waals surface area contributed by atoms with Crippen molar-refractivity contribution in [2.75, 3.05) is 27.4 Å². The number of thiazole rings is 1. The monoisotopic (exact) mass is 537 g/mol. The molecule has 0 radical (unpaired) electrons. The number of carbonyl (C=O) groups is 2. The van der Waals surface area contributed by atoms with Crippen molar-refractivity contribution in [1.29, 1.82) is 0 Å². The van der Waals surface area contributed by atoms with Gasteiger partial charge in [0.1, 0.15) is 11.8 Å². The molecule has 0 spiro atoms. The summed E-state index contributed by atoms with van der Waals surface area (Å²) in [6.45, 7) is 3.37. The highest BCUT2D eigenvalue weighted by molar-refractivity contribution is 7.07. The Morgan fingerprint density at radius 2 is 1.87 bits per heavy atom. The number of esters is 1. The summed E-state index contributed by atoms with van der Waals surface area (Å²) in [4.78, 5) is 42.9. The number of hydrogen-bond donors (Lipinski definition) is 1. The highest BCUT2D eigenvalue weighted by atomic mass is 32.1. The number of aromatic nitrogens is 1. The number of amides is 1. The van der Waals surface area contributed by atoms with Gasteiger partial charge < -0.3 is 24.7 Å². The van der Waals surface area contributed by atoms with Crippen molar-refractivity contribution in [3.63, 3.8) is 0 Å². The summed E-state index contributed by atoms with van der Waals surface area (Å²) >= 11 is 1.21. The Morgan fingerprint density at radius 3 is 2.50 bits per heavy atom. The predicted molar refractivity (Wildman–Crippen MR) is 141 cm³/mol. The zero-order chi connectivity index (χ0) is 27.4. The van der Waals surface area contributed by atoms with Crippen LogP contribution in [0.2, 0.25) is 0 Å². The number of carbonyl (C=O) groups excluding carboxylic acids is 2. The molecular formula is C27H27N3O7S. The average Bonchev–Trinajstić information content (AvgIpc) is 3.20. The van der Waals surface area contributed by atoms with Crippen LogP contribution in [0.3, 0.4) is 0 Å². The van der Waals surface area contributed by atoms with Crippen molar-refractivity contribution in [2.45, 2.75) is 19.9 Å². The smallest absolute Gasteiger partial charge is 0.338 e. The second-order valence-corrected chi connectivity index (χ2v) is 9.22. The normalized spacial score (nSPS) is 14.9. The topological polar surface area (TPSA) is 131 Å². The molecule has 2 heterocycles. The molecule has 0 bridgehead atoms. The van der Waals surface area contributed by atoms with Gasteiger partial charge in [0.05, 0.1) is 36.6 Å². The molecule has 38 heavy (non-hydrogen) atoms. The van der Waals surface area contributed by atoms with E-state index in [1.165, 1.54) is 30.1 Å². The first-order valence-corrected chi connectivity index (χ1v) is 12.5. The maximum atomic E-state index is 13.8. The van der Waals surface area contributed by atoms with Crippen LogP contribution in [0.4, 0.5) is 0 Å². The van der Waals surface area contributed by atoms with Crippen LogP contribution >= 0.6 is 11.3 Å². The minimum Gasteiger partial charge on any atom is -0.493 e. The molecule has 1 unspecified atom stereocenters. The maximum Gasteiger partial charge on any atom is 0.338 e. The van der Waals surface area contributed by atoms with Crippen molar-refractivity contribution < 1.29 is 28.5 Å². The number of nitrogens with two attached hydrogens (primary N) is 1. The standard InChI is InChI=1S/C27H27N3O7S/c1-5-36-26(33)22-15(2)29-27-30(23(22)18-7-6-8-19(34-3)24(18)35-4)25(32)20(38-27)13-16-9-11-17(12-10-16)37-14-21(28)31/h6-13,23H,5,14H2,1-4H3,(H2,28,31). The highest BCUT2D eigenvalue weighted by Crippen LogP contribution is 2.40. The molecule has 0 saturated heterocycles. The molecule has 0 fully saturated rings. The van der Waals surface area contributed by atoms with E-state index in [1.54, 1.807) is 62.4 Å². The fourth-order valence-corrected chi connectivity index (χ4v) is 5.23. The van der Waals surface area contributed by atoms with Gasteiger partial charge in [-0.15, -0.1) is 0 Å². The van der Waals surface area contributed by atoms with Gasteiger partial charge in [-0.2, -0.15) is 0 Å². The largest absolute Gasteiger partial charge is 0.493 e. The number of methoxy groups -OCH3 is 2. The summed E-state index contributed by atoms with van der Waals surface area (Å²) in [5, 5.41) is 0. The lowest BCUT2D eigenvalue weighted by atomic mass is 9.94. The minimum absolute atomic E-state index is 0.168. The predicted octanol–water partition coefficient (Wildman–Crippen LogP) is 1.68. The Bertz CT molecular complexity index is 1590. The highest BCUT2D eigenvalue weighted by Gasteiger charge is 2.35. The van der Waals surface area contributed by atoms with Gasteiger partial charge in [-0.1, -0.05) is 35.6 Å². The molecule has 1 amide bonds. The number of rotatable bonds is 9. The number of nitrogens with zero attached hydrogens (tertiary/aromatic N) is 2. The fourth-order valence-electron chi connectivity index (χ4n) is 4.18. The number of allylic oxidation sites excluding steroid dienone is 1. The average molecular weight is 538 g/mol. The Balaban J connectivity index is 1.88. The van der Waals surface area contributed by atoms with Gasteiger partial charge in [0.15, 0.2) is 22.9 Å². The van der Waals surface area contributed by atoms with Gasteiger partial charge in [0.2, 0.25) is 0 Å². The number of fused-ring (bicyclic) bond motifs is 1. The SMILES string of the molecule is CCOC(=O)C1=C(C)N=c2sc(=Cc3ccc(OCC(N)=O)cc3)c(=O)n2C1c1cccc(OC)c1OC. The number of primary amides is 1. The van der Waals surface area contributed by atoms with Gasteiger partial charge in [-0.05, 0) is 43.7 Å². The number of ether oxygens (including phenoxy) is 4. The number of para-hydroxylation sites is 1. The van der Waals surface area contributed by atoms with E-state index < -0.39 is 17.9 Å². The lowest BCUT2D eigenvalue weighted by molar-refractivity contribution is -0.139. The van der Waals surface area contributed by atoms with E-state index in [4.69, 9.17) is 24.7 Å². The van der Waals surface area contributed by atoms with Gasteiger partial charge in [-0.25, -0.2) is 9.79 Å². The van der Waals surface area contributed by atoms with E-state index in [-0.39, 0.29) is 24.3 Å². The second-order valence-electron chi connectivity index (χ2n) is 8.21. The van der Waals surface area contributed by atoms with Crippen LogP contribution in [0, 0.1) is 0 Å². The van der Waals surface area contributed by atoms with Crippen molar-refractivity contribution in [1.82, 2.24) is 4.57 Å². The third-order valence-electron chi connectivity index (χ3n) is 5.80. The summed E-state index contributed by atoms with van der Waals surface area (Å²) in [7, 11) is 3.02. The zero-order valence-corrected chi connectivity index (χ0v) is 22.2. The van der Waals surface area contributed by atoms with E-state index in [9.17, 15) is 14.4 Å². The van der Waals surface area contributed by atoms with Gasteiger partial charge >= 0.3 is 5.97 Å². The van der Waals surface area contributed by atoms with Crippen LogP contribution in [0.1, 0.15) is 31.0 Å². The number of hydrogen-bond acceptors (Lipinski definition) is 9. The zero-order valence-electron chi connectivity index (χ0n) is 21.3. The summed E-state index contributed by atoms with van der Waals surface area (Å²) in [5.41, 5.74) is 6.78. The first-order valence-electron chi connectivity index (χ1n) is 11.7. The van der Waals surface area contributed by atoms with Crippen LogP contribution < -0.4 is 34.8 Å². The van der Waals surface area contributed by atoms with Crippen LogP contribution in [-0.2, 0) is 14.3 Å². The molecule has 4 rings (SSSR count). The molecular weight excluding hydrogens is 510 g/mol. The van der Waals surface area contributed by atoms with Crippen molar-refractivity contribution in [2.24, 2.45) is 10.7 Å². The van der Waals surface area contributed by atoms with E-state index in [2.05, 4.69) is 4.99 Å². The Hall–Kier alpha value is -4.38. The van der Waals surface area contributed by atoms with Crippen molar-refractivity contribution in [3.8, 4) is 17.2 Å². The molecule has 10 nitrogen and oxygen atoms in total. The molecule has 11 heteroatoms. The fraction of sp³-hybridized carbons (Fsp3) is 0.259. The molecule has 0 aliphatic carbocycles. The third kappa shape index (κ3) is 5.18. The van der Waals surface area contributed by atoms with E-state index in [1.807, 2.05) is 0 Å². The first-order chi connectivity index (χ1) is 18.3. The molecule has 0 saturated carbocycles. The molecule has 2 N–H and O–H groups in total. The molecule has 1 aromatic heterocycles. The second kappa shape index (κ2) is 11.3. The summed E-state index contributed by atoms with van der Waals surface area (Å²) in [6.07, 6.45) is 1.73. The van der Waals surface area contributed by atoms with E-state index in [0.29, 0.717) is 37.8 Å². The molecule has 1 aliphatic rings. The van der Waals surface area contributed by atoms with E-state index in [0.717, 1.165) is 5.56 Å².